The highest BCUT2D eigenvalue weighted by Crippen LogP contribution is 2.14. The van der Waals surface area contributed by atoms with Crippen LogP contribution in [0.3, 0.4) is 0 Å². The first-order valence-corrected chi connectivity index (χ1v) is 6.21. The number of hydrogen-bond acceptors (Lipinski definition) is 4. The second-order valence-electron chi connectivity index (χ2n) is 3.70. The van der Waals surface area contributed by atoms with Crippen molar-refractivity contribution in [3.8, 4) is 6.07 Å². The SMILES string of the molecule is Cc1ncsc1C(=O)C=Cc1cccc(C#N)c1. The van der Waals surface area contributed by atoms with E-state index in [9.17, 15) is 4.79 Å². The Morgan fingerprint density at radius 1 is 1.50 bits per heavy atom. The van der Waals surface area contributed by atoms with E-state index in [4.69, 9.17) is 5.26 Å². The smallest absolute Gasteiger partial charge is 0.197 e. The van der Waals surface area contributed by atoms with Gasteiger partial charge in [0.25, 0.3) is 0 Å². The molecule has 88 valence electrons. The number of nitrogens with zero attached hydrogens (tertiary/aromatic N) is 2. The molecule has 2 aromatic rings. The van der Waals surface area contributed by atoms with Gasteiger partial charge in [0.05, 0.1) is 27.7 Å². The lowest BCUT2D eigenvalue weighted by molar-refractivity contribution is 0.105. The summed E-state index contributed by atoms with van der Waals surface area (Å²) in [5.41, 5.74) is 3.83. The molecule has 0 unspecified atom stereocenters. The van der Waals surface area contributed by atoms with E-state index in [1.54, 1.807) is 29.8 Å². The van der Waals surface area contributed by atoms with Gasteiger partial charge in [-0.05, 0) is 30.7 Å². The molecule has 0 amide bonds. The minimum absolute atomic E-state index is 0.0580. The number of benzene rings is 1. The van der Waals surface area contributed by atoms with Crippen LogP contribution < -0.4 is 0 Å². The van der Waals surface area contributed by atoms with E-state index in [1.165, 1.54) is 17.4 Å². The van der Waals surface area contributed by atoms with Crippen LogP contribution in [0.1, 0.15) is 26.5 Å². The molecule has 0 aliphatic carbocycles. The van der Waals surface area contributed by atoms with E-state index < -0.39 is 0 Å². The number of nitriles is 1. The fraction of sp³-hybridized carbons (Fsp3) is 0.0714. The molecule has 0 aliphatic heterocycles. The molecule has 4 heteroatoms. The third-order valence-corrected chi connectivity index (χ3v) is 3.36. The number of hydrogen-bond donors (Lipinski definition) is 0. The predicted molar refractivity (Wildman–Crippen MR) is 71.4 cm³/mol. The summed E-state index contributed by atoms with van der Waals surface area (Å²) in [6.45, 7) is 1.81. The van der Waals surface area contributed by atoms with E-state index in [-0.39, 0.29) is 5.78 Å². The normalized spacial score (nSPS) is 10.4. The van der Waals surface area contributed by atoms with Gasteiger partial charge in [0, 0.05) is 0 Å². The van der Waals surface area contributed by atoms with Crippen LogP contribution >= 0.6 is 11.3 Å². The van der Waals surface area contributed by atoms with Crippen LogP contribution in [-0.2, 0) is 0 Å². The van der Waals surface area contributed by atoms with Crippen molar-refractivity contribution in [2.45, 2.75) is 6.92 Å². The lowest BCUT2D eigenvalue weighted by atomic mass is 10.1. The maximum Gasteiger partial charge on any atom is 0.197 e. The van der Waals surface area contributed by atoms with E-state index in [0.29, 0.717) is 10.4 Å². The molecule has 0 radical (unpaired) electrons. The van der Waals surface area contributed by atoms with Crippen molar-refractivity contribution >= 4 is 23.2 Å². The van der Waals surface area contributed by atoms with E-state index in [2.05, 4.69) is 11.1 Å². The Labute approximate surface area is 109 Å². The largest absolute Gasteiger partial charge is 0.288 e. The van der Waals surface area contributed by atoms with Crippen molar-refractivity contribution in [1.82, 2.24) is 4.98 Å². The topological polar surface area (TPSA) is 53.8 Å². The van der Waals surface area contributed by atoms with E-state index in [0.717, 1.165) is 11.3 Å². The molecule has 0 atom stereocenters. The number of carbonyl (C=O) groups excluding carboxylic acids is 1. The van der Waals surface area contributed by atoms with Gasteiger partial charge in [-0.25, -0.2) is 4.98 Å². The zero-order valence-electron chi connectivity index (χ0n) is 9.75. The number of rotatable bonds is 3. The van der Waals surface area contributed by atoms with Gasteiger partial charge >= 0.3 is 0 Å². The van der Waals surface area contributed by atoms with Gasteiger partial charge in [0.1, 0.15) is 0 Å². The highest BCUT2D eigenvalue weighted by Gasteiger charge is 2.07. The standard InChI is InChI=1S/C14H10N2OS/c1-10-14(18-9-16-10)13(17)6-5-11-3-2-4-12(7-11)8-15/h2-7,9H,1H3. The molecule has 0 spiro atoms. The van der Waals surface area contributed by atoms with Gasteiger partial charge in [-0.15, -0.1) is 11.3 Å². The van der Waals surface area contributed by atoms with Crippen molar-refractivity contribution < 1.29 is 4.79 Å². The maximum absolute atomic E-state index is 11.9. The lowest BCUT2D eigenvalue weighted by Crippen LogP contribution is -1.93. The molecule has 1 aromatic carbocycles. The van der Waals surface area contributed by atoms with Crippen LogP contribution in [0.4, 0.5) is 0 Å². The summed E-state index contributed by atoms with van der Waals surface area (Å²) in [6.07, 6.45) is 3.22. The number of thiazole rings is 1. The number of aromatic nitrogens is 1. The van der Waals surface area contributed by atoms with Gasteiger partial charge < -0.3 is 0 Å². The molecule has 18 heavy (non-hydrogen) atoms. The van der Waals surface area contributed by atoms with Crippen LogP contribution in [0.5, 0.6) is 0 Å². The number of carbonyl (C=O) groups is 1. The molecule has 0 fully saturated rings. The van der Waals surface area contributed by atoms with Gasteiger partial charge in [-0.3, -0.25) is 4.79 Å². The van der Waals surface area contributed by atoms with Gasteiger partial charge in [0.2, 0.25) is 0 Å². The minimum atomic E-state index is -0.0580. The molecule has 0 saturated carbocycles. The second-order valence-corrected chi connectivity index (χ2v) is 4.56. The third-order valence-electron chi connectivity index (χ3n) is 2.41. The van der Waals surface area contributed by atoms with E-state index >= 15 is 0 Å². The Bertz CT molecular complexity index is 650. The summed E-state index contributed by atoms with van der Waals surface area (Å²) in [5, 5.41) is 8.78. The van der Waals surface area contributed by atoms with Crippen molar-refractivity contribution in [3.05, 3.63) is 57.6 Å². The number of aryl methyl sites for hydroxylation is 1. The highest BCUT2D eigenvalue weighted by atomic mass is 32.1. The molecule has 1 heterocycles. The van der Waals surface area contributed by atoms with Crippen LogP contribution in [0.2, 0.25) is 0 Å². The summed E-state index contributed by atoms with van der Waals surface area (Å²) in [5.74, 6) is -0.0580. The van der Waals surface area contributed by atoms with Crippen LogP contribution in [-0.4, -0.2) is 10.8 Å². The Hall–Kier alpha value is -2.25. The highest BCUT2D eigenvalue weighted by molar-refractivity contribution is 7.12. The van der Waals surface area contributed by atoms with E-state index in [1.807, 2.05) is 13.0 Å². The first-order chi connectivity index (χ1) is 8.70. The molecule has 2 rings (SSSR count). The zero-order valence-corrected chi connectivity index (χ0v) is 10.6. The summed E-state index contributed by atoms with van der Waals surface area (Å²) in [4.78, 5) is 16.6. The van der Waals surface area contributed by atoms with Crippen LogP contribution in [0, 0.1) is 18.3 Å². The molecular weight excluding hydrogens is 244 g/mol. The van der Waals surface area contributed by atoms with Gasteiger partial charge in [-0.1, -0.05) is 18.2 Å². The third kappa shape index (κ3) is 2.70. The first kappa shape index (κ1) is 12.2. The summed E-state index contributed by atoms with van der Waals surface area (Å²) < 4.78 is 0. The Balaban J connectivity index is 2.19. The number of allylic oxidation sites excluding steroid dienone is 1. The summed E-state index contributed by atoms with van der Waals surface area (Å²) >= 11 is 1.34. The zero-order chi connectivity index (χ0) is 13.0. The van der Waals surface area contributed by atoms with Crippen molar-refractivity contribution in [3.63, 3.8) is 0 Å². The quantitative estimate of drug-likeness (QED) is 0.624. The maximum atomic E-state index is 11.9. The van der Waals surface area contributed by atoms with Crippen LogP contribution in [0.15, 0.2) is 35.9 Å². The Kier molecular flexibility index (Phi) is 3.66. The molecule has 0 bridgehead atoms. The van der Waals surface area contributed by atoms with Crippen LogP contribution in [0.25, 0.3) is 6.08 Å². The fourth-order valence-corrected chi connectivity index (χ4v) is 2.22. The Morgan fingerprint density at radius 2 is 2.33 bits per heavy atom. The molecule has 3 nitrogen and oxygen atoms in total. The lowest BCUT2D eigenvalue weighted by Gasteiger charge is -1.94. The molecule has 0 saturated heterocycles. The second kappa shape index (κ2) is 5.39. The minimum Gasteiger partial charge on any atom is -0.288 e. The summed E-state index contributed by atoms with van der Waals surface area (Å²) in [7, 11) is 0. The molecular formula is C14H10N2OS. The van der Waals surface area contributed by atoms with Gasteiger partial charge in [-0.2, -0.15) is 5.26 Å². The van der Waals surface area contributed by atoms with Gasteiger partial charge in [0.15, 0.2) is 5.78 Å². The monoisotopic (exact) mass is 254 g/mol. The van der Waals surface area contributed by atoms with Crippen molar-refractivity contribution in [1.29, 1.82) is 5.26 Å². The predicted octanol–water partition coefficient (Wildman–Crippen LogP) is 3.22. The number of ketones is 1. The Morgan fingerprint density at radius 3 is 3.00 bits per heavy atom. The molecule has 0 aliphatic rings. The fourth-order valence-electron chi connectivity index (χ4n) is 1.50. The molecule has 0 N–H and O–H groups in total. The van der Waals surface area contributed by atoms with Crippen molar-refractivity contribution in [2.75, 3.05) is 0 Å². The average molecular weight is 254 g/mol. The summed E-state index contributed by atoms with van der Waals surface area (Å²) in [6, 6.07) is 9.18. The first-order valence-electron chi connectivity index (χ1n) is 5.33. The van der Waals surface area contributed by atoms with Crippen molar-refractivity contribution in [2.24, 2.45) is 0 Å². The molecule has 1 aromatic heterocycles. The average Bonchev–Trinajstić information content (AvgIpc) is 2.82.